The molecule has 1 unspecified atom stereocenters. The van der Waals surface area contributed by atoms with Crippen molar-refractivity contribution in [3.05, 3.63) is 23.8 Å². The lowest BCUT2D eigenvalue weighted by molar-refractivity contribution is -0.148. The summed E-state index contributed by atoms with van der Waals surface area (Å²) in [5.74, 6) is 5.41. The summed E-state index contributed by atoms with van der Waals surface area (Å²) in [6.07, 6.45) is 19.2. The molecule has 0 heterocycles. The van der Waals surface area contributed by atoms with E-state index in [0.717, 1.165) is 48.3 Å². The van der Waals surface area contributed by atoms with E-state index in [4.69, 9.17) is 4.74 Å². The fourth-order valence-electron chi connectivity index (χ4n) is 9.15. The van der Waals surface area contributed by atoms with Gasteiger partial charge in [-0.25, -0.2) is 0 Å². The van der Waals surface area contributed by atoms with Gasteiger partial charge >= 0.3 is 5.97 Å². The average Bonchev–Trinajstić information content (AvgIpc) is 3.11. The molecule has 2 nitrogen and oxygen atoms in total. The molecule has 4 rings (SSSR count). The number of rotatable bonds is 6. The maximum absolute atomic E-state index is 11.5. The third-order valence-electron chi connectivity index (χ3n) is 11.1. The van der Waals surface area contributed by atoms with Crippen LogP contribution in [0.3, 0.4) is 0 Å². The zero-order valence-corrected chi connectivity index (χ0v) is 22.5. The molecule has 0 amide bonds. The summed E-state index contributed by atoms with van der Waals surface area (Å²) in [6, 6.07) is 0. The van der Waals surface area contributed by atoms with E-state index >= 15 is 0 Å². The van der Waals surface area contributed by atoms with Gasteiger partial charge in [-0.15, -0.1) is 0 Å². The second kappa shape index (κ2) is 9.54. The van der Waals surface area contributed by atoms with Crippen molar-refractivity contribution in [3.8, 4) is 0 Å². The van der Waals surface area contributed by atoms with Crippen molar-refractivity contribution in [1.82, 2.24) is 0 Å². The van der Waals surface area contributed by atoms with Gasteiger partial charge in [-0.05, 0) is 104 Å². The summed E-state index contributed by atoms with van der Waals surface area (Å²) >= 11 is 0. The quantitative estimate of drug-likeness (QED) is 0.297. The molecule has 9 atom stereocenters. The zero-order valence-electron chi connectivity index (χ0n) is 22.5. The fraction of sp³-hybridized carbons (Fsp3) is 0.839. The predicted octanol–water partition coefficient (Wildman–Crippen LogP) is 8.37. The first-order chi connectivity index (χ1) is 15.6. The number of esters is 1. The monoisotopic (exact) mass is 454 g/mol. The molecule has 3 fully saturated rings. The van der Waals surface area contributed by atoms with Crippen LogP contribution in [0.2, 0.25) is 0 Å². The van der Waals surface area contributed by atoms with Crippen LogP contribution in [0, 0.1) is 52.3 Å². The smallest absolute Gasteiger partial charge is 0.302 e. The van der Waals surface area contributed by atoms with Gasteiger partial charge < -0.3 is 4.74 Å². The van der Waals surface area contributed by atoms with Crippen molar-refractivity contribution in [2.45, 2.75) is 112 Å². The average molecular weight is 455 g/mol. The van der Waals surface area contributed by atoms with E-state index in [1.807, 2.05) is 0 Å². The maximum atomic E-state index is 11.5. The topological polar surface area (TPSA) is 26.3 Å². The standard InChI is InChI=1S/C31H50O2/c1-8-23(20(2)3)10-9-21(4)27-13-14-28-26-12-11-24-19-25(33-22(5)32)15-17-30(24,6)29(26)16-18-31(27,28)7/h9-11,20-21,23,25-29H,8,12-19H2,1-7H3/b10-9+/t21-,23+,25?,26+,27-,28+,29+,30+,31-/m1/s1. The van der Waals surface area contributed by atoms with E-state index in [9.17, 15) is 4.79 Å². The molecule has 3 saturated carbocycles. The molecule has 4 aliphatic carbocycles. The molecule has 0 aromatic heterocycles. The highest BCUT2D eigenvalue weighted by atomic mass is 16.5. The predicted molar refractivity (Wildman–Crippen MR) is 138 cm³/mol. The third-order valence-corrected chi connectivity index (χ3v) is 11.1. The first-order valence-electron chi connectivity index (χ1n) is 14.1. The maximum Gasteiger partial charge on any atom is 0.302 e. The summed E-state index contributed by atoms with van der Waals surface area (Å²) in [4.78, 5) is 11.5. The van der Waals surface area contributed by atoms with Crippen molar-refractivity contribution < 1.29 is 9.53 Å². The van der Waals surface area contributed by atoms with Crippen molar-refractivity contribution in [1.29, 1.82) is 0 Å². The van der Waals surface area contributed by atoms with Gasteiger partial charge in [-0.1, -0.05) is 65.3 Å². The molecule has 0 aromatic carbocycles. The van der Waals surface area contributed by atoms with Gasteiger partial charge in [0.05, 0.1) is 0 Å². The number of hydrogen-bond acceptors (Lipinski definition) is 2. The summed E-state index contributed by atoms with van der Waals surface area (Å²) < 4.78 is 5.62. The second-order valence-electron chi connectivity index (χ2n) is 13.0. The number of fused-ring (bicyclic) bond motifs is 5. The Morgan fingerprint density at radius 3 is 2.52 bits per heavy atom. The van der Waals surface area contributed by atoms with Gasteiger partial charge in [0.2, 0.25) is 0 Å². The Morgan fingerprint density at radius 2 is 1.85 bits per heavy atom. The highest BCUT2D eigenvalue weighted by molar-refractivity contribution is 5.66. The normalized spacial score (nSPS) is 42.3. The first kappa shape index (κ1) is 25.1. The van der Waals surface area contributed by atoms with E-state index in [0.29, 0.717) is 16.7 Å². The molecule has 0 bridgehead atoms. The number of allylic oxidation sites excluding steroid dienone is 3. The Morgan fingerprint density at radius 1 is 1.09 bits per heavy atom. The summed E-state index contributed by atoms with van der Waals surface area (Å²) in [5, 5.41) is 0. The van der Waals surface area contributed by atoms with E-state index in [-0.39, 0.29) is 12.1 Å². The molecule has 4 aliphatic rings. The Bertz CT molecular complexity index is 778. The minimum atomic E-state index is -0.120. The molecule has 0 spiro atoms. The van der Waals surface area contributed by atoms with Crippen LogP contribution < -0.4 is 0 Å². The van der Waals surface area contributed by atoms with Crippen LogP contribution >= 0.6 is 0 Å². The van der Waals surface area contributed by atoms with Crippen LogP contribution in [-0.4, -0.2) is 12.1 Å². The molecular formula is C31H50O2. The molecule has 33 heavy (non-hydrogen) atoms. The minimum Gasteiger partial charge on any atom is -0.462 e. The lowest BCUT2D eigenvalue weighted by atomic mass is 9.47. The van der Waals surface area contributed by atoms with Crippen LogP contribution in [0.15, 0.2) is 23.8 Å². The second-order valence-corrected chi connectivity index (χ2v) is 13.0. The Kier molecular flexibility index (Phi) is 7.24. The third kappa shape index (κ3) is 4.50. The minimum absolute atomic E-state index is 0.105. The van der Waals surface area contributed by atoms with Crippen LogP contribution in [0.5, 0.6) is 0 Å². The molecule has 2 heteroatoms. The van der Waals surface area contributed by atoms with E-state index in [1.54, 1.807) is 12.5 Å². The summed E-state index contributed by atoms with van der Waals surface area (Å²) in [5.41, 5.74) is 2.44. The fourth-order valence-corrected chi connectivity index (χ4v) is 9.15. The molecule has 0 aliphatic heterocycles. The lowest BCUT2D eigenvalue weighted by Gasteiger charge is -2.58. The molecule has 0 saturated heterocycles. The summed E-state index contributed by atoms with van der Waals surface area (Å²) in [7, 11) is 0. The Balaban J connectivity index is 1.49. The van der Waals surface area contributed by atoms with Crippen LogP contribution in [-0.2, 0) is 9.53 Å². The Hall–Kier alpha value is -1.05. The van der Waals surface area contributed by atoms with Crippen molar-refractivity contribution >= 4 is 5.97 Å². The van der Waals surface area contributed by atoms with Gasteiger partial charge in [-0.3, -0.25) is 4.79 Å². The Labute approximate surface area is 204 Å². The van der Waals surface area contributed by atoms with Crippen molar-refractivity contribution in [2.75, 3.05) is 0 Å². The molecule has 186 valence electrons. The first-order valence-corrected chi connectivity index (χ1v) is 14.1. The highest BCUT2D eigenvalue weighted by Gasteiger charge is 2.59. The van der Waals surface area contributed by atoms with Gasteiger partial charge in [0.1, 0.15) is 6.10 Å². The van der Waals surface area contributed by atoms with E-state index in [1.165, 1.54) is 44.9 Å². The van der Waals surface area contributed by atoms with Crippen LogP contribution in [0.4, 0.5) is 0 Å². The number of carbonyl (C=O) groups is 1. The van der Waals surface area contributed by atoms with Gasteiger partial charge in [0.25, 0.3) is 0 Å². The SMILES string of the molecule is CC[C@@H](/C=C/[C@@H](C)[C@H]1CC[C@H]2[C@@H]3CC=C4CC(OC(C)=O)CC[C@]4(C)[C@H]3CC[C@]12C)C(C)C. The van der Waals surface area contributed by atoms with Crippen molar-refractivity contribution in [3.63, 3.8) is 0 Å². The highest BCUT2D eigenvalue weighted by Crippen LogP contribution is 2.67. The number of ether oxygens (including phenoxy) is 1. The zero-order chi connectivity index (χ0) is 24.0. The van der Waals surface area contributed by atoms with Gasteiger partial charge in [0, 0.05) is 13.3 Å². The van der Waals surface area contributed by atoms with E-state index in [2.05, 4.69) is 59.8 Å². The molecular weight excluding hydrogens is 404 g/mol. The van der Waals surface area contributed by atoms with E-state index < -0.39 is 0 Å². The van der Waals surface area contributed by atoms with Crippen LogP contribution in [0.25, 0.3) is 0 Å². The summed E-state index contributed by atoms with van der Waals surface area (Å²) in [6.45, 7) is 16.3. The number of hydrogen-bond donors (Lipinski definition) is 0. The van der Waals surface area contributed by atoms with Crippen LogP contribution in [0.1, 0.15) is 106 Å². The molecule has 0 N–H and O–H groups in total. The van der Waals surface area contributed by atoms with Crippen molar-refractivity contribution in [2.24, 2.45) is 52.3 Å². The number of carbonyl (C=O) groups excluding carboxylic acids is 1. The van der Waals surface area contributed by atoms with Gasteiger partial charge in [0.15, 0.2) is 0 Å². The van der Waals surface area contributed by atoms with Gasteiger partial charge in [-0.2, -0.15) is 0 Å². The lowest BCUT2D eigenvalue weighted by Crippen LogP contribution is -2.51. The molecule has 0 aromatic rings. The largest absolute Gasteiger partial charge is 0.462 e. The molecule has 0 radical (unpaired) electrons.